The Balaban J connectivity index is 2.19. The van der Waals surface area contributed by atoms with Crippen molar-refractivity contribution in [2.45, 2.75) is 32.2 Å². The molecule has 110 valence electrons. The summed E-state index contributed by atoms with van der Waals surface area (Å²) in [5.74, 6) is 0.531. The van der Waals surface area contributed by atoms with E-state index in [0.717, 1.165) is 23.7 Å². The van der Waals surface area contributed by atoms with E-state index in [1.165, 1.54) is 0 Å². The predicted octanol–water partition coefficient (Wildman–Crippen LogP) is 2.74. The molecule has 0 saturated carbocycles. The predicted molar refractivity (Wildman–Crippen MR) is 82.7 cm³/mol. The SMILES string of the molecule is CCC1CCN(C(=O)c2ccc(Br)cc2O)C(CN)C1. The Kier molecular flexibility index (Phi) is 5.05. The molecule has 1 aliphatic heterocycles. The zero-order chi connectivity index (χ0) is 14.7. The Hall–Kier alpha value is -1.07. The van der Waals surface area contributed by atoms with Gasteiger partial charge in [0.05, 0.1) is 5.56 Å². The number of nitrogens with two attached hydrogens (primary N) is 1. The van der Waals surface area contributed by atoms with E-state index in [0.29, 0.717) is 24.6 Å². The Morgan fingerprint density at radius 3 is 2.90 bits per heavy atom. The van der Waals surface area contributed by atoms with Crippen molar-refractivity contribution in [1.82, 2.24) is 4.90 Å². The minimum Gasteiger partial charge on any atom is -0.507 e. The van der Waals surface area contributed by atoms with Crippen LogP contribution in [0.25, 0.3) is 0 Å². The Morgan fingerprint density at radius 2 is 2.30 bits per heavy atom. The molecule has 0 bridgehead atoms. The van der Waals surface area contributed by atoms with E-state index in [2.05, 4.69) is 22.9 Å². The number of phenols is 1. The van der Waals surface area contributed by atoms with Gasteiger partial charge in [-0.2, -0.15) is 0 Å². The molecule has 1 heterocycles. The lowest BCUT2D eigenvalue weighted by atomic mass is 9.88. The van der Waals surface area contributed by atoms with Crippen LogP contribution in [0.4, 0.5) is 0 Å². The first-order chi connectivity index (χ1) is 9.56. The Bertz CT molecular complexity index is 493. The van der Waals surface area contributed by atoms with Crippen LogP contribution in [0.15, 0.2) is 22.7 Å². The molecule has 1 amide bonds. The van der Waals surface area contributed by atoms with Gasteiger partial charge in [-0.1, -0.05) is 29.3 Å². The summed E-state index contributed by atoms with van der Waals surface area (Å²) < 4.78 is 0.756. The maximum atomic E-state index is 12.6. The number of halogens is 1. The lowest BCUT2D eigenvalue weighted by Gasteiger charge is -2.39. The quantitative estimate of drug-likeness (QED) is 0.888. The van der Waals surface area contributed by atoms with E-state index in [-0.39, 0.29) is 17.7 Å². The van der Waals surface area contributed by atoms with Crippen LogP contribution in [-0.2, 0) is 0 Å². The zero-order valence-electron chi connectivity index (χ0n) is 11.7. The van der Waals surface area contributed by atoms with Gasteiger partial charge in [-0.25, -0.2) is 0 Å². The second kappa shape index (κ2) is 6.59. The van der Waals surface area contributed by atoms with Gasteiger partial charge in [0, 0.05) is 23.6 Å². The third-order valence-electron chi connectivity index (χ3n) is 4.12. The number of aromatic hydroxyl groups is 1. The highest BCUT2D eigenvalue weighted by molar-refractivity contribution is 9.10. The summed E-state index contributed by atoms with van der Waals surface area (Å²) in [6.07, 6.45) is 3.09. The minimum absolute atomic E-state index is 0.0118. The molecule has 2 unspecified atom stereocenters. The fourth-order valence-corrected chi connectivity index (χ4v) is 3.19. The number of hydrogen-bond acceptors (Lipinski definition) is 3. The van der Waals surface area contributed by atoms with Crippen LogP contribution in [0.1, 0.15) is 36.5 Å². The molecule has 0 aromatic heterocycles. The highest BCUT2D eigenvalue weighted by Crippen LogP contribution is 2.29. The molecule has 1 saturated heterocycles. The molecule has 1 aromatic rings. The molecule has 0 aliphatic carbocycles. The summed E-state index contributed by atoms with van der Waals surface area (Å²) in [6.45, 7) is 3.37. The summed E-state index contributed by atoms with van der Waals surface area (Å²) in [7, 11) is 0. The number of carbonyl (C=O) groups excluding carboxylic acids is 1. The average molecular weight is 341 g/mol. The van der Waals surface area contributed by atoms with Crippen LogP contribution in [0.2, 0.25) is 0 Å². The topological polar surface area (TPSA) is 66.6 Å². The van der Waals surface area contributed by atoms with E-state index in [1.54, 1.807) is 18.2 Å². The number of nitrogens with zero attached hydrogens (tertiary/aromatic N) is 1. The molecule has 5 heteroatoms. The number of likely N-dealkylation sites (tertiary alicyclic amines) is 1. The third-order valence-corrected chi connectivity index (χ3v) is 4.62. The zero-order valence-corrected chi connectivity index (χ0v) is 13.3. The van der Waals surface area contributed by atoms with Gasteiger partial charge < -0.3 is 15.7 Å². The Labute approximate surface area is 128 Å². The molecular weight excluding hydrogens is 320 g/mol. The van der Waals surface area contributed by atoms with E-state index in [9.17, 15) is 9.90 Å². The number of phenolic OH excluding ortho intramolecular Hbond substituents is 1. The molecule has 4 nitrogen and oxygen atoms in total. The van der Waals surface area contributed by atoms with E-state index >= 15 is 0 Å². The summed E-state index contributed by atoms with van der Waals surface area (Å²) in [6, 6.07) is 5.04. The first-order valence-corrected chi connectivity index (χ1v) is 7.85. The van der Waals surface area contributed by atoms with Crippen LogP contribution in [0.5, 0.6) is 5.75 Å². The van der Waals surface area contributed by atoms with E-state index in [4.69, 9.17) is 5.73 Å². The molecule has 3 N–H and O–H groups in total. The van der Waals surface area contributed by atoms with Gasteiger partial charge in [-0.3, -0.25) is 4.79 Å². The lowest BCUT2D eigenvalue weighted by Crippen LogP contribution is -2.49. The number of piperidine rings is 1. The third kappa shape index (κ3) is 3.15. The Morgan fingerprint density at radius 1 is 1.55 bits per heavy atom. The molecule has 20 heavy (non-hydrogen) atoms. The van der Waals surface area contributed by atoms with Crippen molar-refractivity contribution in [3.63, 3.8) is 0 Å². The fraction of sp³-hybridized carbons (Fsp3) is 0.533. The molecule has 2 rings (SSSR count). The maximum Gasteiger partial charge on any atom is 0.257 e. The average Bonchev–Trinajstić information content (AvgIpc) is 2.46. The van der Waals surface area contributed by atoms with E-state index < -0.39 is 0 Å². The molecule has 1 aliphatic rings. The van der Waals surface area contributed by atoms with Gasteiger partial charge in [0.15, 0.2) is 0 Å². The number of amides is 1. The van der Waals surface area contributed by atoms with Crippen molar-refractivity contribution in [2.24, 2.45) is 11.7 Å². The number of hydrogen-bond donors (Lipinski definition) is 2. The van der Waals surface area contributed by atoms with Crippen LogP contribution in [-0.4, -0.2) is 35.0 Å². The van der Waals surface area contributed by atoms with Crippen molar-refractivity contribution in [3.8, 4) is 5.75 Å². The highest BCUT2D eigenvalue weighted by Gasteiger charge is 2.31. The fourth-order valence-electron chi connectivity index (χ4n) is 2.84. The summed E-state index contributed by atoms with van der Waals surface area (Å²) in [5.41, 5.74) is 6.17. The van der Waals surface area contributed by atoms with E-state index in [1.807, 2.05) is 4.90 Å². The van der Waals surface area contributed by atoms with Gasteiger partial charge >= 0.3 is 0 Å². The van der Waals surface area contributed by atoms with Crippen molar-refractivity contribution < 1.29 is 9.90 Å². The van der Waals surface area contributed by atoms with Gasteiger partial charge in [0.25, 0.3) is 5.91 Å². The molecule has 2 atom stereocenters. The number of rotatable bonds is 3. The molecular formula is C15H21BrN2O2. The maximum absolute atomic E-state index is 12.6. The van der Waals surface area contributed by atoms with Crippen LogP contribution in [0, 0.1) is 5.92 Å². The van der Waals surface area contributed by atoms with Crippen molar-refractivity contribution >= 4 is 21.8 Å². The smallest absolute Gasteiger partial charge is 0.257 e. The van der Waals surface area contributed by atoms with Crippen molar-refractivity contribution in [2.75, 3.05) is 13.1 Å². The highest BCUT2D eigenvalue weighted by atomic mass is 79.9. The van der Waals surface area contributed by atoms with Crippen molar-refractivity contribution in [3.05, 3.63) is 28.2 Å². The molecule has 0 radical (unpaired) electrons. The van der Waals surface area contributed by atoms with Gasteiger partial charge in [-0.05, 0) is 37.0 Å². The first-order valence-electron chi connectivity index (χ1n) is 7.06. The van der Waals surface area contributed by atoms with Crippen molar-refractivity contribution in [1.29, 1.82) is 0 Å². The molecule has 1 aromatic carbocycles. The van der Waals surface area contributed by atoms with Gasteiger partial charge in [0.1, 0.15) is 5.75 Å². The second-order valence-corrected chi connectivity index (χ2v) is 6.26. The standard InChI is InChI=1S/C15H21BrN2O2/c1-2-10-5-6-18(12(7-10)9-17)15(20)13-4-3-11(16)8-14(13)19/h3-4,8,10,12,19H,2,5-7,9,17H2,1H3. The van der Waals surface area contributed by atoms with Gasteiger partial charge in [-0.15, -0.1) is 0 Å². The number of carbonyl (C=O) groups is 1. The molecule has 0 spiro atoms. The van der Waals surface area contributed by atoms with Crippen LogP contribution >= 0.6 is 15.9 Å². The summed E-state index contributed by atoms with van der Waals surface area (Å²) in [5, 5.41) is 9.94. The van der Waals surface area contributed by atoms with Gasteiger partial charge in [0.2, 0.25) is 0 Å². The summed E-state index contributed by atoms with van der Waals surface area (Å²) in [4.78, 5) is 14.4. The summed E-state index contributed by atoms with van der Waals surface area (Å²) >= 11 is 3.28. The second-order valence-electron chi connectivity index (χ2n) is 5.35. The van der Waals surface area contributed by atoms with Crippen LogP contribution < -0.4 is 5.73 Å². The lowest BCUT2D eigenvalue weighted by molar-refractivity contribution is 0.0555. The first kappa shape index (κ1) is 15.3. The normalized spacial score (nSPS) is 22.9. The largest absolute Gasteiger partial charge is 0.507 e. The van der Waals surface area contributed by atoms with Crippen LogP contribution in [0.3, 0.4) is 0 Å². The minimum atomic E-state index is -0.125. The molecule has 1 fully saturated rings. The monoisotopic (exact) mass is 340 g/mol. The number of benzene rings is 1.